The van der Waals surface area contributed by atoms with Crippen LogP contribution in [0.25, 0.3) is 0 Å². The summed E-state index contributed by atoms with van der Waals surface area (Å²) in [5, 5.41) is 8.95. The summed E-state index contributed by atoms with van der Waals surface area (Å²) in [6, 6.07) is 1.01. The normalized spacial score (nSPS) is 34.1. The van der Waals surface area contributed by atoms with Gasteiger partial charge in [-0.3, -0.25) is 9.80 Å². The van der Waals surface area contributed by atoms with Gasteiger partial charge >= 0.3 is 0 Å². The Labute approximate surface area is 98.4 Å². The lowest BCUT2D eigenvalue weighted by molar-refractivity contribution is 0.174. The fourth-order valence-corrected chi connectivity index (χ4v) is 3.11. The van der Waals surface area contributed by atoms with Crippen LogP contribution in [-0.4, -0.2) is 66.3 Å². The van der Waals surface area contributed by atoms with Crippen LogP contribution in [0.5, 0.6) is 0 Å². The minimum absolute atomic E-state index is 0.281. The highest BCUT2D eigenvalue weighted by Crippen LogP contribution is 2.23. The van der Waals surface area contributed by atoms with E-state index < -0.39 is 0 Å². The van der Waals surface area contributed by atoms with Crippen LogP contribution in [-0.2, 0) is 0 Å². The van der Waals surface area contributed by atoms with Gasteiger partial charge in [0.15, 0.2) is 0 Å². The van der Waals surface area contributed by atoms with E-state index in [1.807, 2.05) is 0 Å². The predicted octanol–water partition coefficient (Wildman–Crippen LogP) is -0.134. The van der Waals surface area contributed by atoms with Crippen LogP contribution < -0.4 is 5.73 Å². The van der Waals surface area contributed by atoms with Crippen molar-refractivity contribution in [3.05, 3.63) is 0 Å². The molecule has 0 aromatic carbocycles. The van der Waals surface area contributed by atoms with Crippen LogP contribution in [0.4, 0.5) is 0 Å². The van der Waals surface area contributed by atoms with Gasteiger partial charge < -0.3 is 10.8 Å². The number of hydrogen-bond acceptors (Lipinski definition) is 4. The van der Waals surface area contributed by atoms with E-state index in [9.17, 15) is 0 Å². The van der Waals surface area contributed by atoms with Crippen LogP contribution in [0.2, 0.25) is 0 Å². The zero-order valence-electron chi connectivity index (χ0n) is 10.1. The molecule has 0 radical (unpaired) electrons. The summed E-state index contributed by atoms with van der Waals surface area (Å²) in [6.45, 7) is 5.62. The Morgan fingerprint density at radius 1 is 1.06 bits per heavy atom. The topological polar surface area (TPSA) is 52.7 Å². The molecule has 1 heterocycles. The van der Waals surface area contributed by atoms with E-state index in [-0.39, 0.29) is 6.61 Å². The SMILES string of the molecule is NC1CCCC1N1CCCN(CCO)CC1. The Morgan fingerprint density at radius 3 is 2.62 bits per heavy atom. The lowest BCUT2D eigenvalue weighted by atomic mass is 10.1. The Kier molecular flexibility index (Phi) is 4.58. The zero-order chi connectivity index (χ0) is 11.4. The van der Waals surface area contributed by atoms with Gasteiger partial charge in [-0.1, -0.05) is 6.42 Å². The molecule has 2 rings (SSSR count). The molecule has 1 aliphatic carbocycles. The van der Waals surface area contributed by atoms with Crippen molar-refractivity contribution in [1.82, 2.24) is 9.80 Å². The van der Waals surface area contributed by atoms with Crippen LogP contribution >= 0.6 is 0 Å². The minimum Gasteiger partial charge on any atom is -0.395 e. The van der Waals surface area contributed by atoms with Crippen molar-refractivity contribution >= 4 is 0 Å². The molecule has 1 saturated carbocycles. The van der Waals surface area contributed by atoms with E-state index in [1.165, 1.54) is 32.2 Å². The summed E-state index contributed by atoms with van der Waals surface area (Å²) in [7, 11) is 0. The second-order valence-electron chi connectivity index (χ2n) is 5.12. The first-order valence-electron chi connectivity index (χ1n) is 6.64. The third kappa shape index (κ3) is 2.94. The number of aliphatic hydroxyl groups excluding tert-OH is 1. The summed E-state index contributed by atoms with van der Waals surface area (Å²) in [5.41, 5.74) is 6.16. The zero-order valence-corrected chi connectivity index (χ0v) is 10.1. The summed E-state index contributed by atoms with van der Waals surface area (Å²) >= 11 is 0. The van der Waals surface area contributed by atoms with E-state index in [1.54, 1.807) is 0 Å². The van der Waals surface area contributed by atoms with Crippen LogP contribution in [0.15, 0.2) is 0 Å². The first-order valence-corrected chi connectivity index (χ1v) is 6.64. The highest BCUT2D eigenvalue weighted by atomic mass is 16.3. The molecule has 16 heavy (non-hydrogen) atoms. The van der Waals surface area contributed by atoms with Gasteiger partial charge in [-0.15, -0.1) is 0 Å². The average molecular weight is 227 g/mol. The van der Waals surface area contributed by atoms with E-state index >= 15 is 0 Å². The summed E-state index contributed by atoms with van der Waals surface area (Å²) in [6.07, 6.45) is 4.98. The van der Waals surface area contributed by atoms with E-state index in [0.29, 0.717) is 12.1 Å². The lowest BCUT2D eigenvalue weighted by Crippen LogP contribution is -2.46. The molecule has 1 aliphatic heterocycles. The molecule has 0 bridgehead atoms. The maximum Gasteiger partial charge on any atom is 0.0558 e. The van der Waals surface area contributed by atoms with Crippen LogP contribution in [0, 0.1) is 0 Å². The Bertz CT molecular complexity index is 212. The van der Waals surface area contributed by atoms with Gasteiger partial charge in [0.25, 0.3) is 0 Å². The Balaban J connectivity index is 1.83. The number of hydrogen-bond donors (Lipinski definition) is 2. The minimum atomic E-state index is 0.281. The van der Waals surface area contributed by atoms with Gasteiger partial charge in [-0.2, -0.15) is 0 Å². The van der Waals surface area contributed by atoms with Crippen molar-refractivity contribution in [2.24, 2.45) is 5.73 Å². The van der Waals surface area contributed by atoms with Gasteiger partial charge in [-0.05, 0) is 32.4 Å². The van der Waals surface area contributed by atoms with Gasteiger partial charge in [0.2, 0.25) is 0 Å². The molecule has 0 amide bonds. The fourth-order valence-electron chi connectivity index (χ4n) is 3.11. The maximum atomic E-state index is 8.95. The molecule has 94 valence electrons. The van der Waals surface area contributed by atoms with E-state index in [2.05, 4.69) is 9.80 Å². The molecule has 2 unspecified atom stereocenters. The van der Waals surface area contributed by atoms with Gasteiger partial charge in [0.05, 0.1) is 6.61 Å². The second kappa shape index (κ2) is 5.96. The quantitative estimate of drug-likeness (QED) is 0.705. The second-order valence-corrected chi connectivity index (χ2v) is 5.12. The van der Waals surface area contributed by atoms with Gasteiger partial charge in [-0.25, -0.2) is 0 Å². The molecule has 4 nitrogen and oxygen atoms in total. The molecule has 4 heteroatoms. The highest BCUT2D eigenvalue weighted by Gasteiger charge is 2.30. The molecular weight excluding hydrogens is 202 g/mol. The molecule has 2 atom stereocenters. The van der Waals surface area contributed by atoms with Gasteiger partial charge in [0, 0.05) is 31.7 Å². The monoisotopic (exact) mass is 227 g/mol. The third-order valence-electron chi connectivity index (χ3n) is 4.04. The molecule has 1 saturated heterocycles. The average Bonchev–Trinajstić information content (AvgIpc) is 2.57. The number of β-amino-alcohol motifs (C(OH)–C–C–N with tert-alkyl or cyclic N) is 1. The highest BCUT2D eigenvalue weighted by molar-refractivity contribution is 4.89. The first kappa shape index (κ1) is 12.3. The first-order chi connectivity index (χ1) is 7.81. The van der Waals surface area contributed by atoms with E-state index in [4.69, 9.17) is 10.8 Å². The Morgan fingerprint density at radius 2 is 1.94 bits per heavy atom. The molecule has 0 aromatic rings. The molecule has 3 N–H and O–H groups in total. The standard InChI is InChI=1S/C12H25N3O/c13-11-3-1-4-12(11)15-6-2-5-14(7-8-15)9-10-16/h11-12,16H,1-10,13H2. The van der Waals surface area contributed by atoms with Crippen molar-refractivity contribution in [3.63, 3.8) is 0 Å². The van der Waals surface area contributed by atoms with Crippen molar-refractivity contribution in [3.8, 4) is 0 Å². The fraction of sp³-hybridized carbons (Fsp3) is 1.00. The number of aliphatic hydroxyl groups is 1. The van der Waals surface area contributed by atoms with Crippen molar-refractivity contribution < 1.29 is 5.11 Å². The van der Waals surface area contributed by atoms with Crippen LogP contribution in [0.1, 0.15) is 25.7 Å². The molecular formula is C12H25N3O. The van der Waals surface area contributed by atoms with Crippen molar-refractivity contribution in [2.45, 2.75) is 37.8 Å². The molecule has 0 aromatic heterocycles. The molecule has 2 aliphatic rings. The maximum absolute atomic E-state index is 8.95. The lowest BCUT2D eigenvalue weighted by Gasteiger charge is -2.30. The van der Waals surface area contributed by atoms with Gasteiger partial charge in [0.1, 0.15) is 0 Å². The largest absolute Gasteiger partial charge is 0.395 e. The summed E-state index contributed by atoms with van der Waals surface area (Å²) in [5.74, 6) is 0. The smallest absolute Gasteiger partial charge is 0.0558 e. The molecule has 2 fully saturated rings. The number of nitrogens with zero attached hydrogens (tertiary/aromatic N) is 2. The number of nitrogens with two attached hydrogens (primary N) is 1. The predicted molar refractivity (Wildman–Crippen MR) is 65.3 cm³/mol. The van der Waals surface area contributed by atoms with Crippen LogP contribution in [0.3, 0.4) is 0 Å². The van der Waals surface area contributed by atoms with E-state index in [0.717, 1.165) is 26.2 Å². The third-order valence-corrected chi connectivity index (χ3v) is 4.04. The summed E-state index contributed by atoms with van der Waals surface area (Å²) < 4.78 is 0. The van der Waals surface area contributed by atoms with Crippen molar-refractivity contribution in [2.75, 3.05) is 39.3 Å². The Hall–Kier alpha value is -0.160. The van der Waals surface area contributed by atoms with Crippen molar-refractivity contribution in [1.29, 1.82) is 0 Å². The molecule has 0 spiro atoms. The summed E-state index contributed by atoms with van der Waals surface area (Å²) in [4.78, 5) is 4.94. The number of rotatable bonds is 3.